The molecule has 0 spiro atoms. The summed E-state index contributed by atoms with van der Waals surface area (Å²) >= 11 is 1.61. The van der Waals surface area contributed by atoms with Crippen molar-refractivity contribution in [3.05, 3.63) is 29.2 Å². The number of anilines is 1. The second-order valence-electron chi connectivity index (χ2n) is 11.7. The normalized spacial score (nSPS) is 28.6. The zero-order valence-electron chi connectivity index (χ0n) is 24.0. The van der Waals surface area contributed by atoms with Crippen molar-refractivity contribution in [2.45, 2.75) is 72.1 Å². The van der Waals surface area contributed by atoms with Crippen molar-refractivity contribution in [1.82, 2.24) is 14.2 Å². The van der Waals surface area contributed by atoms with Gasteiger partial charge in [-0.1, -0.05) is 70.8 Å². The van der Waals surface area contributed by atoms with Crippen LogP contribution in [0.2, 0.25) is 0 Å². The number of aryl methyl sites for hydroxylation is 1. The molecule has 2 amide bonds. The zero-order chi connectivity index (χ0) is 27.2. The first-order valence-electron chi connectivity index (χ1n) is 14.9. The lowest BCUT2D eigenvalue weighted by Crippen LogP contribution is -2.48. The summed E-state index contributed by atoms with van der Waals surface area (Å²) in [4.78, 5) is 31.6. The maximum absolute atomic E-state index is 11.9. The van der Waals surface area contributed by atoms with E-state index in [1.807, 2.05) is 12.2 Å². The highest BCUT2D eigenvalue weighted by Crippen LogP contribution is 2.49. The second kappa shape index (κ2) is 13.4. The Morgan fingerprint density at radius 1 is 0.974 bits per heavy atom. The van der Waals surface area contributed by atoms with Crippen molar-refractivity contribution in [3.63, 3.8) is 0 Å². The average Bonchev–Trinajstić information content (AvgIpc) is 3.57. The predicted octanol–water partition coefficient (Wildman–Crippen LogP) is 6.03. The quantitative estimate of drug-likeness (QED) is 0.312. The van der Waals surface area contributed by atoms with Gasteiger partial charge in [-0.05, 0) is 55.5 Å². The van der Waals surface area contributed by atoms with Crippen LogP contribution in [-0.4, -0.2) is 65.8 Å². The van der Waals surface area contributed by atoms with Crippen LogP contribution in [0, 0.1) is 36.5 Å². The van der Waals surface area contributed by atoms with Crippen molar-refractivity contribution in [2.24, 2.45) is 29.6 Å². The van der Waals surface area contributed by atoms with E-state index in [2.05, 4.69) is 43.2 Å². The Morgan fingerprint density at radius 3 is 2.13 bits per heavy atom. The van der Waals surface area contributed by atoms with E-state index in [4.69, 9.17) is 4.37 Å². The smallest absolute Gasteiger partial charge is 0.233 e. The lowest BCUT2D eigenvalue weighted by atomic mass is 9.88. The van der Waals surface area contributed by atoms with Crippen LogP contribution in [0.4, 0.5) is 5.82 Å². The van der Waals surface area contributed by atoms with Gasteiger partial charge in [-0.15, -0.1) is 0 Å². The van der Waals surface area contributed by atoms with E-state index in [-0.39, 0.29) is 23.7 Å². The fourth-order valence-corrected chi connectivity index (χ4v) is 7.90. The van der Waals surface area contributed by atoms with E-state index in [0.29, 0.717) is 11.8 Å². The molecule has 7 heteroatoms. The van der Waals surface area contributed by atoms with Gasteiger partial charge >= 0.3 is 0 Å². The largest absolute Gasteiger partial charge is 0.353 e. The minimum Gasteiger partial charge on any atom is -0.353 e. The summed E-state index contributed by atoms with van der Waals surface area (Å²) in [7, 11) is 1.63. The summed E-state index contributed by atoms with van der Waals surface area (Å²) in [6.07, 6.45) is 16.3. The molecule has 0 N–H and O–H groups in total. The third-order valence-electron chi connectivity index (χ3n) is 9.49. The van der Waals surface area contributed by atoms with E-state index >= 15 is 0 Å². The number of likely N-dealkylation sites (tertiary alicyclic amines) is 1. The SMILES string of the molecule is C=C/C=C\c1c(N2CCN(CC3CCCCC3)CC2)nsc1C.CC[C@H]1C[C@@H](CC)[C@@H]2C(=O)N(C)C(=O)[C@H]12. The van der Waals surface area contributed by atoms with Crippen LogP contribution in [0.3, 0.4) is 0 Å². The summed E-state index contributed by atoms with van der Waals surface area (Å²) < 4.78 is 4.70. The van der Waals surface area contributed by atoms with E-state index < -0.39 is 0 Å². The van der Waals surface area contributed by atoms with Gasteiger partial charge in [0.1, 0.15) is 5.82 Å². The van der Waals surface area contributed by atoms with Crippen LogP contribution in [0.1, 0.15) is 75.7 Å². The highest BCUT2D eigenvalue weighted by molar-refractivity contribution is 7.06. The van der Waals surface area contributed by atoms with E-state index in [9.17, 15) is 9.59 Å². The zero-order valence-corrected chi connectivity index (χ0v) is 24.8. The monoisotopic (exact) mass is 540 g/mol. The number of amides is 2. The lowest BCUT2D eigenvalue weighted by Gasteiger charge is -2.37. The van der Waals surface area contributed by atoms with Gasteiger partial charge in [0.05, 0.1) is 11.8 Å². The topological polar surface area (TPSA) is 56.8 Å². The summed E-state index contributed by atoms with van der Waals surface area (Å²) in [6, 6.07) is 0. The van der Waals surface area contributed by atoms with E-state index in [0.717, 1.165) is 38.3 Å². The maximum Gasteiger partial charge on any atom is 0.233 e. The summed E-state index contributed by atoms with van der Waals surface area (Å²) in [5.41, 5.74) is 1.27. The Bertz CT molecular complexity index is 962. The first-order valence-corrected chi connectivity index (χ1v) is 15.7. The molecule has 4 atom stereocenters. The third kappa shape index (κ3) is 6.25. The van der Waals surface area contributed by atoms with Crippen molar-refractivity contribution in [3.8, 4) is 0 Å². The first-order chi connectivity index (χ1) is 18.4. The van der Waals surface area contributed by atoms with Crippen LogP contribution in [0.5, 0.6) is 0 Å². The minimum absolute atomic E-state index is 0.00236. The van der Waals surface area contributed by atoms with Gasteiger partial charge in [-0.25, -0.2) is 0 Å². The predicted molar refractivity (Wildman–Crippen MR) is 158 cm³/mol. The number of hydrogen-bond acceptors (Lipinski definition) is 6. The molecular formula is C31H48N4O2S. The molecule has 2 aliphatic heterocycles. The molecule has 210 valence electrons. The molecule has 3 heterocycles. The molecule has 2 saturated heterocycles. The molecule has 4 aliphatic rings. The van der Waals surface area contributed by atoms with Gasteiger partial charge in [0.15, 0.2) is 0 Å². The highest BCUT2D eigenvalue weighted by atomic mass is 32.1. The van der Waals surface area contributed by atoms with Crippen molar-refractivity contribution >= 4 is 35.2 Å². The number of imide groups is 1. The fraction of sp³-hybridized carbons (Fsp3) is 0.710. The van der Waals surface area contributed by atoms with Crippen LogP contribution in [0.15, 0.2) is 18.7 Å². The van der Waals surface area contributed by atoms with E-state index in [1.54, 1.807) is 18.6 Å². The van der Waals surface area contributed by atoms with Crippen molar-refractivity contribution in [2.75, 3.05) is 44.7 Å². The number of carbonyl (C=O) groups excluding carboxylic acids is 2. The molecule has 0 unspecified atom stereocenters. The molecule has 6 nitrogen and oxygen atoms in total. The molecular weight excluding hydrogens is 492 g/mol. The van der Waals surface area contributed by atoms with Crippen LogP contribution < -0.4 is 4.90 Å². The van der Waals surface area contributed by atoms with Crippen LogP contribution >= 0.6 is 11.5 Å². The number of carbonyl (C=O) groups is 2. The Kier molecular flexibility index (Phi) is 10.2. The first kappa shape index (κ1) is 29.0. The standard InChI is InChI=1S/C19H29N3S.C12H19NO2/c1-3-4-10-18-16(2)23-20-19(18)22-13-11-21(12-14-22)15-17-8-6-5-7-9-17;1-4-7-6-8(5-2)10-9(7)11(14)13(3)12(10)15/h3-4,10,17H,1,5-9,11-15H2,2H3;7-10H,4-6H2,1-3H3/b10-4-;/t;7-,8+,9+,10-. The highest BCUT2D eigenvalue weighted by Gasteiger charge is 2.56. The lowest BCUT2D eigenvalue weighted by molar-refractivity contribution is -0.139. The number of hydrogen-bond donors (Lipinski definition) is 0. The maximum atomic E-state index is 11.9. The van der Waals surface area contributed by atoms with Crippen LogP contribution in [-0.2, 0) is 9.59 Å². The molecule has 5 rings (SSSR count). The third-order valence-corrected chi connectivity index (χ3v) is 10.2. The summed E-state index contributed by atoms with van der Waals surface area (Å²) in [5.74, 6) is 3.10. The van der Waals surface area contributed by atoms with Gasteiger partial charge in [0, 0.05) is 50.2 Å². The number of aromatic nitrogens is 1. The summed E-state index contributed by atoms with van der Waals surface area (Å²) in [6.45, 7) is 16.0. The van der Waals surface area contributed by atoms with Gasteiger partial charge in [-0.3, -0.25) is 19.4 Å². The number of nitrogens with zero attached hydrogens (tertiary/aromatic N) is 4. The van der Waals surface area contributed by atoms with Gasteiger partial charge in [-0.2, -0.15) is 4.37 Å². The molecule has 38 heavy (non-hydrogen) atoms. The molecule has 0 aromatic carbocycles. The number of rotatable bonds is 7. The van der Waals surface area contributed by atoms with Gasteiger partial charge in [0.25, 0.3) is 0 Å². The Balaban J connectivity index is 0.000000194. The summed E-state index contributed by atoms with van der Waals surface area (Å²) in [5, 5.41) is 0. The van der Waals surface area contributed by atoms with E-state index in [1.165, 1.54) is 72.9 Å². The Hall–Kier alpha value is -1.99. The molecule has 1 aromatic rings. The second-order valence-corrected chi connectivity index (χ2v) is 12.7. The Labute approximate surface area is 234 Å². The molecule has 4 fully saturated rings. The van der Waals surface area contributed by atoms with Crippen molar-refractivity contribution < 1.29 is 9.59 Å². The number of allylic oxidation sites excluding steroid dienone is 2. The van der Waals surface area contributed by atoms with Gasteiger partial charge in [0.2, 0.25) is 11.8 Å². The van der Waals surface area contributed by atoms with Crippen molar-refractivity contribution in [1.29, 1.82) is 0 Å². The Morgan fingerprint density at radius 2 is 1.58 bits per heavy atom. The molecule has 2 saturated carbocycles. The minimum atomic E-state index is -0.00236. The average molecular weight is 541 g/mol. The number of piperazine rings is 1. The molecule has 2 aliphatic carbocycles. The molecule has 0 radical (unpaired) electrons. The number of fused-ring (bicyclic) bond motifs is 1. The molecule has 1 aromatic heterocycles. The van der Waals surface area contributed by atoms with Crippen LogP contribution in [0.25, 0.3) is 6.08 Å². The van der Waals surface area contributed by atoms with Gasteiger partial charge < -0.3 is 4.90 Å². The fourth-order valence-electron chi connectivity index (χ4n) is 7.20. The molecule has 0 bridgehead atoms.